The van der Waals surface area contributed by atoms with Crippen molar-refractivity contribution < 1.29 is 59.8 Å². The third-order valence-corrected chi connectivity index (χ3v) is 5.38. The first-order valence-electron chi connectivity index (χ1n) is 9.71. The van der Waals surface area contributed by atoms with E-state index < -0.39 is 68.0 Å². The van der Waals surface area contributed by atoms with Gasteiger partial charge in [0.25, 0.3) is 0 Å². The highest BCUT2D eigenvalue weighted by atomic mass is 16.8. The quantitative estimate of drug-likeness (QED) is 0.196. The van der Waals surface area contributed by atoms with Gasteiger partial charge in [-0.2, -0.15) is 0 Å². The molecule has 176 valence electrons. The Morgan fingerprint density at radius 1 is 0.871 bits per heavy atom. The molecule has 0 aliphatic carbocycles. The van der Waals surface area contributed by atoms with Gasteiger partial charge in [-0.25, -0.2) is 0 Å². The minimum absolute atomic E-state index is 0.0922. The minimum atomic E-state index is -2.24. The first-order valence-corrected chi connectivity index (χ1v) is 9.71. The van der Waals surface area contributed by atoms with Crippen LogP contribution in [-0.2, 0) is 25.6 Å². The van der Waals surface area contributed by atoms with Crippen LogP contribution in [0.4, 0.5) is 0 Å². The van der Waals surface area contributed by atoms with E-state index in [1.807, 2.05) is 0 Å². The second-order valence-electron chi connectivity index (χ2n) is 7.56. The van der Waals surface area contributed by atoms with Crippen LogP contribution in [-0.4, -0.2) is 115 Å². The van der Waals surface area contributed by atoms with Crippen LogP contribution in [0.1, 0.15) is 5.56 Å². The maximum absolute atomic E-state index is 10.2. The van der Waals surface area contributed by atoms with Crippen LogP contribution in [0.3, 0.4) is 0 Å². The number of hydrogen-bond donors (Lipinski definition) is 8. The van der Waals surface area contributed by atoms with E-state index in [1.165, 1.54) is 12.1 Å². The van der Waals surface area contributed by atoms with E-state index in [1.54, 1.807) is 12.1 Å². The minimum Gasteiger partial charge on any atom is -0.508 e. The van der Waals surface area contributed by atoms with Gasteiger partial charge in [0.15, 0.2) is 6.29 Å². The van der Waals surface area contributed by atoms with Crippen LogP contribution in [0.15, 0.2) is 24.3 Å². The van der Waals surface area contributed by atoms with E-state index in [2.05, 4.69) is 0 Å². The fraction of sp³-hybridized carbons (Fsp3) is 0.684. The summed E-state index contributed by atoms with van der Waals surface area (Å²) < 4.78 is 21.6. The van der Waals surface area contributed by atoms with Crippen molar-refractivity contribution in [2.24, 2.45) is 0 Å². The number of phenols is 1. The van der Waals surface area contributed by atoms with Gasteiger partial charge in [0, 0.05) is 0 Å². The Labute approximate surface area is 177 Å². The first kappa shape index (κ1) is 24.2. The molecule has 0 spiro atoms. The number of rotatable bonds is 8. The smallest absolute Gasteiger partial charge is 0.224 e. The molecule has 3 rings (SSSR count). The molecule has 0 bridgehead atoms. The van der Waals surface area contributed by atoms with Crippen molar-refractivity contribution in [1.82, 2.24) is 0 Å². The lowest BCUT2D eigenvalue weighted by atomic mass is 9.99. The molecule has 2 fully saturated rings. The zero-order valence-electron chi connectivity index (χ0n) is 16.5. The zero-order chi connectivity index (χ0) is 22.8. The number of aliphatic hydroxyl groups is 7. The Bertz CT molecular complexity index is 702. The molecule has 31 heavy (non-hydrogen) atoms. The molecular formula is C19H28O12. The first-order chi connectivity index (χ1) is 14.7. The molecule has 2 saturated heterocycles. The second-order valence-corrected chi connectivity index (χ2v) is 7.56. The van der Waals surface area contributed by atoms with E-state index >= 15 is 0 Å². The van der Waals surface area contributed by atoms with Gasteiger partial charge in [-0.1, -0.05) is 12.1 Å². The molecule has 1 aromatic rings. The summed E-state index contributed by atoms with van der Waals surface area (Å²) in [5, 5.41) is 79.1. The Balaban J connectivity index is 1.65. The summed E-state index contributed by atoms with van der Waals surface area (Å²) in [4.78, 5) is 0. The maximum Gasteiger partial charge on any atom is 0.224 e. The average Bonchev–Trinajstić information content (AvgIpc) is 3.01. The number of phenolic OH excluding ortho intramolecular Hbond substituents is 1. The summed E-state index contributed by atoms with van der Waals surface area (Å²) in [6, 6.07) is 6.21. The van der Waals surface area contributed by atoms with E-state index in [0.29, 0.717) is 0 Å². The van der Waals surface area contributed by atoms with Gasteiger partial charge in [-0.15, -0.1) is 0 Å². The van der Waals surface area contributed by atoms with Gasteiger partial charge in [0.1, 0.15) is 55.1 Å². The normalized spacial score (nSPS) is 40.9. The number of hydrogen-bond acceptors (Lipinski definition) is 12. The molecular weight excluding hydrogens is 420 g/mol. The molecule has 2 aliphatic heterocycles. The van der Waals surface area contributed by atoms with E-state index in [9.17, 15) is 40.9 Å². The predicted octanol–water partition coefficient (Wildman–Crippen LogP) is -3.47. The van der Waals surface area contributed by atoms with Crippen molar-refractivity contribution in [3.8, 4) is 5.75 Å². The molecule has 12 heteroatoms. The molecule has 0 unspecified atom stereocenters. The van der Waals surface area contributed by atoms with E-state index in [-0.39, 0.29) is 19.0 Å². The highest BCUT2D eigenvalue weighted by Gasteiger charge is 2.58. The van der Waals surface area contributed by atoms with Crippen LogP contribution in [0.2, 0.25) is 0 Å². The standard InChI is InChI=1S/C19H28O12/c20-5-11-14(24)17(27)19(8-21,30-11)31-18-16(26)15(25)13(23)12(29-18)7-28-6-9-1-3-10(22)4-2-9/h1-4,11-18,20-27H,5-8H2/t11-,12-,13-,14-,15+,16-,17+,18-,19+/m1/s1. The van der Waals surface area contributed by atoms with Crippen LogP contribution in [0, 0.1) is 0 Å². The Morgan fingerprint density at radius 3 is 2.13 bits per heavy atom. The molecule has 2 aliphatic rings. The molecule has 2 heterocycles. The summed E-state index contributed by atoms with van der Waals surface area (Å²) in [6.07, 6.45) is -12.5. The van der Waals surface area contributed by atoms with Gasteiger partial charge in [-0.3, -0.25) is 0 Å². The Morgan fingerprint density at radius 2 is 1.55 bits per heavy atom. The highest BCUT2D eigenvalue weighted by Crippen LogP contribution is 2.36. The van der Waals surface area contributed by atoms with Crippen molar-refractivity contribution in [1.29, 1.82) is 0 Å². The molecule has 0 saturated carbocycles. The maximum atomic E-state index is 10.2. The molecule has 8 N–H and O–H groups in total. The van der Waals surface area contributed by atoms with Crippen molar-refractivity contribution in [2.45, 2.75) is 61.4 Å². The Kier molecular flexibility index (Phi) is 7.83. The second kappa shape index (κ2) is 10.0. The fourth-order valence-corrected chi connectivity index (χ4v) is 3.50. The summed E-state index contributed by atoms with van der Waals surface area (Å²) in [6.45, 7) is -1.76. The van der Waals surface area contributed by atoms with Gasteiger partial charge >= 0.3 is 0 Å². The van der Waals surface area contributed by atoms with Crippen molar-refractivity contribution in [3.05, 3.63) is 29.8 Å². The van der Waals surface area contributed by atoms with Gasteiger partial charge in [-0.05, 0) is 17.7 Å². The zero-order valence-corrected chi connectivity index (χ0v) is 16.5. The van der Waals surface area contributed by atoms with Crippen LogP contribution in [0.5, 0.6) is 5.75 Å². The summed E-state index contributed by atoms with van der Waals surface area (Å²) in [5.74, 6) is -2.15. The number of aliphatic hydroxyl groups excluding tert-OH is 7. The van der Waals surface area contributed by atoms with Gasteiger partial charge < -0.3 is 59.8 Å². The summed E-state index contributed by atoms with van der Waals surface area (Å²) >= 11 is 0. The number of ether oxygens (including phenoxy) is 4. The Hall–Kier alpha value is -1.42. The van der Waals surface area contributed by atoms with Gasteiger partial charge in [0.05, 0.1) is 19.8 Å². The van der Waals surface area contributed by atoms with E-state index in [4.69, 9.17) is 18.9 Å². The summed E-state index contributed by atoms with van der Waals surface area (Å²) in [7, 11) is 0. The van der Waals surface area contributed by atoms with Crippen LogP contribution in [0.25, 0.3) is 0 Å². The predicted molar refractivity (Wildman–Crippen MR) is 99.3 cm³/mol. The molecule has 1 aromatic carbocycles. The molecule has 12 nitrogen and oxygen atoms in total. The third kappa shape index (κ3) is 4.99. The summed E-state index contributed by atoms with van der Waals surface area (Å²) in [5.41, 5.74) is 0.724. The molecule has 0 amide bonds. The molecule has 0 aromatic heterocycles. The van der Waals surface area contributed by atoms with Gasteiger partial charge in [0.2, 0.25) is 5.79 Å². The SMILES string of the molecule is OC[C@H]1O[C@@](CO)(O[C@H]2O[C@H](COCc3ccc(O)cc3)[C@@H](O)[C@H](O)[C@H]2O)[C@@H](O)[C@@H]1O. The molecule has 0 radical (unpaired) electrons. The highest BCUT2D eigenvalue weighted by molar-refractivity contribution is 5.25. The number of benzene rings is 1. The van der Waals surface area contributed by atoms with Crippen molar-refractivity contribution in [3.63, 3.8) is 0 Å². The molecule has 9 atom stereocenters. The lowest BCUT2D eigenvalue weighted by Crippen LogP contribution is -2.62. The third-order valence-electron chi connectivity index (χ3n) is 5.38. The average molecular weight is 448 g/mol. The monoisotopic (exact) mass is 448 g/mol. The number of aromatic hydroxyl groups is 1. The van der Waals surface area contributed by atoms with Crippen molar-refractivity contribution in [2.75, 3.05) is 19.8 Å². The lowest BCUT2D eigenvalue weighted by Gasteiger charge is -2.43. The topological polar surface area (TPSA) is 199 Å². The van der Waals surface area contributed by atoms with Crippen molar-refractivity contribution >= 4 is 0 Å². The lowest BCUT2D eigenvalue weighted by molar-refractivity contribution is -0.384. The fourth-order valence-electron chi connectivity index (χ4n) is 3.50. The van der Waals surface area contributed by atoms with Crippen LogP contribution >= 0.6 is 0 Å². The van der Waals surface area contributed by atoms with E-state index in [0.717, 1.165) is 5.56 Å². The largest absolute Gasteiger partial charge is 0.508 e. The van der Waals surface area contributed by atoms with Crippen LogP contribution < -0.4 is 0 Å².